The Labute approximate surface area is 143 Å². The van der Waals surface area contributed by atoms with E-state index in [1.54, 1.807) is 12.1 Å². The molecule has 3 nitrogen and oxygen atoms in total. The van der Waals surface area contributed by atoms with E-state index >= 15 is 0 Å². The van der Waals surface area contributed by atoms with Crippen LogP contribution in [0.4, 0.5) is 0 Å². The van der Waals surface area contributed by atoms with Gasteiger partial charge < -0.3 is 15.2 Å². The maximum Gasteiger partial charge on any atom is 0.119 e. The number of hydrogen-bond donors (Lipinski definition) is 2. The standard InChI is InChI=1S/C19H26ClNO2/c20-16-1-3-18(4-2-16)23-12-17(22)11-21-19-8-13-5-14(9-19)7-15(6-13)10-19/h1-4,13-15,17,21-22H,5-12H2. The van der Waals surface area contributed by atoms with Gasteiger partial charge in [0.05, 0.1) is 0 Å². The number of hydrogen-bond acceptors (Lipinski definition) is 3. The molecule has 4 saturated carbocycles. The molecule has 0 amide bonds. The van der Waals surface area contributed by atoms with Crippen molar-refractivity contribution in [3.63, 3.8) is 0 Å². The molecule has 1 atom stereocenters. The third kappa shape index (κ3) is 3.52. The number of ether oxygens (including phenoxy) is 1. The fourth-order valence-corrected chi connectivity index (χ4v) is 5.57. The van der Waals surface area contributed by atoms with Gasteiger partial charge in [0, 0.05) is 17.1 Å². The Balaban J connectivity index is 1.26. The highest BCUT2D eigenvalue weighted by molar-refractivity contribution is 6.30. The fourth-order valence-electron chi connectivity index (χ4n) is 5.44. The Bertz CT molecular complexity index is 510. The first-order valence-electron chi connectivity index (χ1n) is 8.92. The molecule has 23 heavy (non-hydrogen) atoms. The van der Waals surface area contributed by atoms with Crippen molar-refractivity contribution >= 4 is 11.6 Å². The number of aliphatic hydroxyl groups is 1. The van der Waals surface area contributed by atoms with E-state index in [1.807, 2.05) is 12.1 Å². The molecule has 0 radical (unpaired) electrons. The summed E-state index contributed by atoms with van der Waals surface area (Å²) >= 11 is 5.86. The van der Waals surface area contributed by atoms with Gasteiger partial charge in [-0.2, -0.15) is 0 Å². The van der Waals surface area contributed by atoms with Crippen molar-refractivity contribution in [3.05, 3.63) is 29.3 Å². The average molecular weight is 336 g/mol. The van der Waals surface area contributed by atoms with Crippen LogP contribution in [-0.4, -0.2) is 29.9 Å². The quantitative estimate of drug-likeness (QED) is 0.834. The molecule has 4 aliphatic rings. The predicted molar refractivity (Wildman–Crippen MR) is 91.9 cm³/mol. The Kier molecular flexibility index (Phi) is 4.29. The van der Waals surface area contributed by atoms with Crippen LogP contribution in [0.15, 0.2) is 24.3 Å². The Hall–Kier alpha value is -0.770. The molecule has 1 aromatic carbocycles. The summed E-state index contributed by atoms with van der Waals surface area (Å²) < 4.78 is 5.65. The van der Waals surface area contributed by atoms with E-state index in [2.05, 4.69) is 5.32 Å². The van der Waals surface area contributed by atoms with Crippen LogP contribution in [0.2, 0.25) is 5.02 Å². The monoisotopic (exact) mass is 335 g/mol. The number of aliphatic hydroxyl groups excluding tert-OH is 1. The highest BCUT2D eigenvalue weighted by Crippen LogP contribution is 2.55. The second-order valence-electron chi connectivity index (χ2n) is 8.00. The van der Waals surface area contributed by atoms with Gasteiger partial charge in [-0.3, -0.25) is 0 Å². The van der Waals surface area contributed by atoms with Crippen LogP contribution in [0.25, 0.3) is 0 Å². The van der Waals surface area contributed by atoms with Crippen molar-refractivity contribution < 1.29 is 9.84 Å². The molecule has 0 heterocycles. The van der Waals surface area contributed by atoms with E-state index in [-0.39, 0.29) is 0 Å². The van der Waals surface area contributed by atoms with E-state index in [0.29, 0.717) is 23.7 Å². The van der Waals surface area contributed by atoms with Crippen molar-refractivity contribution in [2.45, 2.75) is 50.2 Å². The Morgan fingerprint density at radius 3 is 2.22 bits per heavy atom. The molecule has 126 valence electrons. The molecule has 5 rings (SSSR count). The minimum Gasteiger partial charge on any atom is -0.491 e. The number of benzene rings is 1. The van der Waals surface area contributed by atoms with E-state index < -0.39 is 6.10 Å². The van der Waals surface area contributed by atoms with Gasteiger partial charge >= 0.3 is 0 Å². The van der Waals surface area contributed by atoms with Crippen LogP contribution in [0.5, 0.6) is 5.75 Å². The molecule has 0 spiro atoms. The molecule has 1 aromatic rings. The second-order valence-corrected chi connectivity index (χ2v) is 8.43. The van der Waals surface area contributed by atoms with Crippen molar-refractivity contribution in [2.24, 2.45) is 17.8 Å². The van der Waals surface area contributed by atoms with Crippen LogP contribution in [0.1, 0.15) is 38.5 Å². The minimum atomic E-state index is -0.473. The van der Waals surface area contributed by atoms with Gasteiger partial charge in [-0.15, -0.1) is 0 Å². The first kappa shape index (κ1) is 15.7. The number of β-amino-alcohol motifs (C(OH)–C–C–N with tert-alkyl or cyclic N) is 1. The molecule has 0 aromatic heterocycles. The molecule has 4 aliphatic carbocycles. The van der Waals surface area contributed by atoms with Crippen molar-refractivity contribution in [1.82, 2.24) is 5.32 Å². The Morgan fingerprint density at radius 1 is 1.09 bits per heavy atom. The van der Waals surface area contributed by atoms with Gasteiger partial charge in [-0.25, -0.2) is 0 Å². The van der Waals surface area contributed by atoms with Crippen LogP contribution in [0.3, 0.4) is 0 Å². The summed E-state index contributed by atoms with van der Waals surface area (Å²) in [5.41, 5.74) is 0.302. The molecule has 4 bridgehead atoms. The van der Waals surface area contributed by atoms with Crippen LogP contribution < -0.4 is 10.1 Å². The van der Waals surface area contributed by atoms with Crippen molar-refractivity contribution in [1.29, 1.82) is 0 Å². The lowest BCUT2D eigenvalue weighted by Gasteiger charge is -2.57. The van der Waals surface area contributed by atoms with E-state index in [0.717, 1.165) is 23.5 Å². The zero-order valence-corrected chi connectivity index (χ0v) is 14.3. The summed E-state index contributed by atoms with van der Waals surface area (Å²) in [5, 5.41) is 14.7. The van der Waals surface area contributed by atoms with Crippen molar-refractivity contribution in [2.75, 3.05) is 13.2 Å². The zero-order valence-electron chi connectivity index (χ0n) is 13.5. The van der Waals surface area contributed by atoms with E-state index in [9.17, 15) is 5.11 Å². The fraction of sp³-hybridized carbons (Fsp3) is 0.684. The molecule has 4 fully saturated rings. The first-order valence-corrected chi connectivity index (χ1v) is 9.29. The third-order valence-corrected chi connectivity index (χ3v) is 6.26. The normalized spacial score (nSPS) is 36.2. The summed E-state index contributed by atoms with van der Waals surface area (Å²) in [6.07, 6.45) is 7.80. The van der Waals surface area contributed by atoms with Gasteiger partial charge in [-0.1, -0.05) is 11.6 Å². The first-order chi connectivity index (χ1) is 11.1. The molecular formula is C19H26ClNO2. The van der Waals surface area contributed by atoms with Crippen LogP contribution in [-0.2, 0) is 0 Å². The number of halogens is 1. The van der Waals surface area contributed by atoms with Gasteiger partial charge in [0.25, 0.3) is 0 Å². The summed E-state index contributed by atoms with van der Waals surface area (Å²) in [6, 6.07) is 7.27. The van der Waals surface area contributed by atoms with E-state index in [1.165, 1.54) is 38.5 Å². The average Bonchev–Trinajstić information content (AvgIpc) is 2.51. The molecular weight excluding hydrogens is 310 g/mol. The lowest BCUT2D eigenvalue weighted by molar-refractivity contribution is -0.0266. The lowest BCUT2D eigenvalue weighted by atomic mass is 9.53. The third-order valence-electron chi connectivity index (χ3n) is 6.01. The van der Waals surface area contributed by atoms with Gasteiger partial charge in [0.15, 0.2) is 0 Å². The summed E-state index contributed by atoms with van der Waals surface area (Å²) in [4.78, 5) is 0. The SMILES string of the molecule is OC(CNC12CC3CC(CC(C3)C1)C2)COc1ccc(Cl)cc1. The smallest absolute Gasteiger partial charge is 0.119 e. The van der Waals surface area contributed by atoms with Crippen LogP contribution >= 0.6 is 11.6 Å². The summed E-state index contributed by atoms with van der Waals surface area (Å²) in [5.74, 6) is 3.53. The molecule has 0 aliphatic heterocycles. The maximum atomic E-state index is 10.3. The van der Waals surface area contributed by atoms with Gasteiger partial charge in [0.2, 0.25) is 0 Å². The van der Waals surface area contributed by atoms with E-state index in [4.69, 9.17) is 16.3 Å². The molecule has 1 unspecified atom stereocenters. The number of rotatable bonds is 6. The largest absolute Gasteiger partial charge is 0.491 e. The maximum absolute atomic E-state index is 10.3. The lowest BCUT2D eigenvalue weighted by Crippen LogP contribution is -2.59. The van der Waals surface area contributed by atoms with Gasteiger partial charge in [0.1, 0.15) is 18.5 Å². The van der Waals surface area contributed by atoms with Crippen molar-refractivity contribution in [3.8, 4) is 5.75 Å². The number of nitrogens with one attached hydrogen (secondary N) is 1. The Morgan fingerprint density at radius 2 is 1.65 bits per heavy atom. The highest BCUT2D eigenvalue weighted by Gasteiger charge is 2.50. The summed E-state index contributed by atoms with van der Waals surface area (Å²) in [6.45, 7) is 0.945. The molecule has 0 saturated heterocycles. The highest BCUT2D eigenvalue weighted by atomic mass is 35.5. The predicted octanol–water partition coefficient (Wildman–Crippen LogP) is 3.64. The summed E-state index contributed by atoms with van der Waals surface area (Å²) in [7, 11) is 0. The molecule has 4 heteroatoms. The topological polar surface area (TPSA) is 41.5 Å². The second kappa shape index (κ2) is 6.27. The van der Waals surface area contributed by atoms with Gasteiger partial charge in [-0.05, 0) is 80.5 Å². The molecule has 2 N–H and O–H groups in total. The minimum absolute atomic E-state index is 0.302. The zero-order chi connectivity index (χ0) is 15.9. The van der Waals surface area contributed by atoms with Crippen LogP contribution in [0, 0.1) is 17.8 Å².